The fourth-order valence-electron chi connectivity index (χ4n) is 2.86. The molecule has 1 fully saturated rings. The molecule has 2 N–H and O–H groups in total. The highest BCUT2D eigenvalue weighted by molar-refractivity contribution is 7.91. The molecule has 1 atom stereocenters. The van der Waals surface area contributed by atoms with Crippen molar-refractivity contribution in [3.05, 3.63) is 36.4 Å². The van der Waals surface area contributed by atoms with Crippen LogP contribution < -0.4 is 10.6 Å². The van der Waals surface area contributed by atoms with Crippen LogP contribution in [-0.2, 0) is 9.84 Å². The second kappa shape index (κ2) is 8.01. The van der Waals surface area contributed by atoms with E-state index in [1.54, 1.807) is 0 Å². The molecule has 0 radical (unpaired) electrons. The molecule has 26 heavy (non-hydrogen) atoms. The van der Waals surface area contributed by atoms with Gasteiger partial charge in [-0.2, -0.15) is 4.98 Å². The quantitative estimate of drug-likeness (QED) is 0.762. The normalized spacial score (nSPS) is 18.8. The molecule has 8 heteroatoms. The lowest BCUT2D eigenvalue weighted by molar-refractivity contribution is 0.425. The number of anilines is 2. The maximum atomic E-state index is 11.7. The van der Waals surface area contributed by atoms with Crippen molar-refractivity contribution in [2.75, 3.05) is 49.3 Å². The molecule has 1 aromatic heterocycles. The highest BCUT2D eigenvalue weighted by atomic mass is 32.2. The van der Waals surface area contributed by atoms with Gasteiger partial charge in [-0.25, -0.2) is 13.4 Å². The Morgan fingerprint density at radius 2 is 1.96 bits per heavy atom. The zero-order chi connectivity index (χ0) is 18.6. The van der Waals surface area contributed by atoms with E-state index in [0.717, 1.165) is 30.2 Å². The average Bonchev–Trinajstić information content (AvgIpc) is 2.93. The van der Waals surface area contributed by atoms with E-state index in [0.29, 0.717) is 12.4 Å². The lowest BCUT2D eigenvalue weighted by atomic mass is 10.1. The van der Waals surface area contributed by atoms with E-state index in [2.05, 4.69) is 25.5 Å². The van der Waals surface area contributed by atoms with Crippen molar-refractivity contribution < 1.29 is 8.42 Å². The molecule has 1 saturated heterocycles. The molecule has 0 spiro atoms. The van der Waals surface area contributed by atoms with E-state index in [1.165, 1.54) is 0 Å². The number of nitrogens with one attached hydrogen (secondary N) is 2. The van der Waals surface area contributed by atoms with Crippen molar-refractivity contribution in [3.63, 3.8) is 0 Å². The van der Waals surface area contributed by atoms with Gasteiger partial charge in [-0.1, -0.05) is 30.3 Å². The number of hydrogen-bond acceptors (Lipinski definition) is 7. The largest absolute Gasteiger partial charge is 0.369 e. The molecule has 140 valence electrons. The first-order chi connectivity index (χ1) is 12.4. The van der Waals surface area contributed by atoms with Crippen LogP contribution in [0.1, 0.15) is 6.42 Å². The minimum atomic E-state index is -2.95. The van der Waals surface area contributed by atoms with Crippen LogP contribution >= 0.6 is 0 Å². The van der Waals surface area contributed by atoms with Crippen LogP contribution in [0.4, 0.5) is 11.8 Å². The molecule has 2 aromatic rings. The number of likely N-dealkylation sites (N-methyl/N-ethyl adjacent to an activating group) is 1. The Morgan fingerprint density at radius 1 is 1.19 bits per heavy atom. The summed E-state index contributed by atoms with van der Waals surface area (Å²) in [6, 6.07) is 11.7. The van der Waals surface area contributed by atoms with E-state index < -0.39 is 9.84 Å². The first-order valence-corrected chi connectivity index (χ1v) is 10.5. The predicted octanol–water partition coefficient (Wildman–Crippen LogP) is 1.72. The van der Waals surface area contributed by atoms with Crippen molar-refractivity contribution in [1.29, 1.82) is 0 Å². The lowest BCUT2D eigenvalue weighted by Gasteiger charge is -2.15. The maximum absolute atomic E-state index is 11.7. The van der Waals surface area contributed by atoms with Gasteiger partial charge in [0.2, 0.25) is 5.95 Å². The highest BCUT2D eigenvalue weighted by Gasteiger charge is 2.28. The molecular weight excluding hydrogens is 350 g/mol. The van der Waals surface area contributed by atoms with Gasteiger partial charge in [-0.15, -0.1) is 0 Å². The van der Waals surface area contributed by atoms with Crippen LogP contribution in [0, 0.1) is 0 Å². The molecule has 1 aliphatic heterocycles. The highest BCUT2D eigenvalue weighted by Crippen LogP contribution is 2.23. The minimum Gasteiger partial charge on any atom is -0.369 e. The summed E-state index contributed by atoms with van der Waals surface area (Å²) in [7, 11) is 1.09. The Balaban J connectivity index is 1.82. The van der Waals surface area contributed by atoms with Crippen LogP contribution in [0.5, 0.6) is 0 Å². The third-order valence-electron chi connectivity index (χ3n) is 4.23. The summed E-state index contributed by atoms with van der Waals surface area (Å²) in [5, 5.41) is 6.51. The molecule has 0 saturated carbocycles. The lowest BCUT2D eigenvalue weighted by Crippen LogP contribution is -2.23. The standard InChI is InChI=1S/C18H25N5O2S/c1-23(2)10-9-19-17-12-16(14-6-4-3-5-7-14)21-18(22-17)20-15-8-11-26(24,25)13-15/h3-7,12,15H,8-11,13H2,1-2H3,(H2,19,20,21,22). The van der Waals surface area contributed by atoms with Gasteiger partial charge in [-0.3, -0.25) is 0 Å². The number of benzene rings is 1. The van der Waals surface area contributed by atoms with E-state index in [-0.39, 0.29) is 17.5 Å². The monoisotopic (exact) mass is 375 g/mol. The van der Waals surface area contributed by atoms with Crippen molar-refractivity contribution in [2.45, 2.75) is 12.5 Å². The van der Waals surface area contributed by atoms with Gasteiger partial charge in [-0.05, 0) is 20.5 Å². The predicted molar refractivity (Wildman–Crippen MR) is 105 cm³/mol. The Hall–Kier alpha value is -2.19. The molecule has 0 amide bonds. The number of sulfone groups is 1. The Bertz CT molecular complexity index is 840. The van der Waals surface area contributed by atoms with Crippen molar-refractivity contribution in [3.8, 4) is 11.3 Å². The van der Waals surface area contributed by atoms with Gasteiger partial charge in [0.05, 0.1) is 17.2 Å². The molecule has 7 nitrogen and oxygen atoms in total. The smallest absolute Gasteiger partial charge is 0.225 e. The van der Waals surface area contributed by atoms with Crippen molar-refractivity contribution in [1.82, 2.24) is 14.9 Å². The van der Waals surface area contributed by atoms with Crippen molar-refractivity contribution in [2.24, 2.45) is 0 Å². The molecule has 3 rings (SSSR count). The molecule has 1 aromatic carbocycles. The third-order valence-corrected chi connectivity index (χ3v) is 5.99. The molecular formula is C18H25N5O2S. The maximum Gasteiger partial charge on any atom is 0.225 e. The summed E-state index contributed by atoms with van der Waals surface area (Å²) in [5.74, 6) is 1.54. The Morgan fingerprint density at radius 3 is 2.62 bits per heavy atom. The topological polar surface area (TPSA) is 87.2 Å². The second-order valence-corrected chi connectivity index (χ2v) is 9.03. The fourth-order valence-corrected chi connectivity index (χ4v) is 4.53. The Labute approximate surface area is 154 Å². The summed E-state index contributed by atoms with van der Waals surface area (Å²) in [4.78, 5) is 11.2. The zero-order valence-corrected chi connectivity index (χ0v) is 16.0. The fraction of sp³-hybridized carbons (Fsp3) is 0.444. The average molecular weight is 375 g/mol. The van der Waals surface area contributed by atoms with E-state index in [4.69, 9.17) is 0 Å². The van der Waals surface area contributed by atoms with Crippen LogP contribution in [0.25, 0.3) is 11.3 Å². The van der Waals surface area contributed by atoms with Gasteiger partial charge in [0.1, 0.15) is 5.82 Å². The van der Waals surface area contributed by atoms with Crippen LogP contribution in [0.15, 0.2) is 36.4 Å². The molecule has 0 bridgehead atoms. The Kier molecular flexibility index (Phi) is 5.73. The molecule has 1 unspecified atom stereocenters. The molecule has 0 aliphatic carbocycles. The van der Waals surface area contributed by atoms with E-state index in [1.807, 2.05) is 50.5 Å². The minimum absolute atomic E-state index is 0.134. The zero-order valence-electron chi connectivity index (χ0n) is 15.1. The first-order valence-electron chi connectivity index (χ1n) is 8.71. The summed E-state index contributed by atoms with van der Waals surface area (Å²) in [5.41, 5.74) is 1.80. The molecule has 1 aliphatic rings. The van der Waals surface area contributed by atoms with Gasteiger partial charge < -0.3 is 15.5 Å². The summed E-state index contributed by atoms with van der Waals surface area (Å²) in [6.07, 6.45) is 0.588. The first kappa shape index (κ1) is 18.6. The van der Waals surface area contributed by atoms with E-state index >= 15 is 0 Å². The van der Waals surface area contributed by atoms with Crippen molar-refractivity contribution >= 4 is 21.6 Å². The van der Waals surface area contributed by atoms with Crippen LogP contribution in [-0.4, -0.2) is 68.0 Å². The summed E-state index contributed by atoms with van der Waals surface area (Å²) in [6.45, 7) is 1.64. The van der Waals surface area contributed by atoms with Gasteiger partial charge >= 0.3 is 0 Å². The molecule has 2 heterocycles. The van der Waals surface area contributed by atoms with Gasteiger partial charge in [0, 0.05) is 30.8 Å². The number of hydrogen-bond donors (Lipinski definition) is 2. The number of aromatic nitrogens is 2. The van der Waals surface area contributed by atoms with E-state index in [9.17, 15) is 8.42 Å². The SMILES string of the molecule is CN(C)CCNc1cc(-c2ccccc2)nc(NC2CCS(=O)(=O)C2)n1. The number of nitrogens with zero attached hydrogens (tertiary/aromatic N) is 3. The second-order valence-electron chi connectivity index (χ2n) is 6.80. The van der Waals surface area contributed by atoms with Crippen LogP contribution in [0.2, 0.25) is 0 Å². The van der Waals surface area contributed by atoms with Gasteiger partial charge in [0.15, 0.2) is 9.84 Å². The summed E-state index contributed by atoms with van der Waals surface area (Å²) >= 11 is 0. The third kappa shape index (κ3) is 5.15. The van der Waals surface area contributed by atoms with Gasteiger partial charge in [0.25, 0.3) is 0 Å². The number of rotatable bonds is 7. The summed E-state index contributed by atoms with van der Waals surface area (Å²) < 4.78 is 23.4. The van der Waals surface area contributed by atoms with Crippen LogP contribution in [0.3, 0.4) is 0 Å².